The molecular formula is C22H24ClN2O5P. The summed E-state index contributed by atoms with van der Waals surface area (Å²) in [5, 5.41) is 7.40. The van der Waals surface area contributed by atoms with E-state index in [9.17, 15) is 9.69 Å². The minimum absolute atomic E-state index is 0.108. The van der Waals surface area contributed by atoms with Gasteiger partial charge in [-0.2, -0.15) is 0 Å². The second-order valence-corrected chi connectivity index (χ2v) is 10.2. The van der Waals surface area contributed by atoms with Gasteiger partial charge in [-0.05, 0) is 24.3 Å². The van der Waals surface area contributed by atoms with Crippen molar-refractivity contribution in [2.45, 2.75) is 25.4 Å². The van der Waals surface area contributed by atoms with E-state index in [1.807, 2.05) is 36.4 Å². The molecule has 4 rings (SSSR count). The molecule has 0 bridgehead atoms. The molecule has 0 unspecified atom stereocenters. The fraction of sp³-hybridized carbons (Fsp3) is 0.273. The normalized spacial score (nSPS) is 16.6. The van der Waals surface area contributed by atoms with Gasteiger partial charge in [-0.15, -0.1) is 0 Å². The summed E-state index contributed by atoms with van der Waals surface area (Å²) in [6, 6.07) is 14.6. The van der Waals surface area contributed by atoms with Gasteiger partial charge in [0.25, 0.3) is 0 Å². The van der Waals surface area contributed by atoms with Crippen LogP contribution in [0.4, 0.5) is 5.69 Å². The fourth-order valence-corrected chi connectivity index (χ4v) is 5.47. The van der Waals surface area contributed by atoms with Crippen LogP contribution in [0.25, 0.3) is 11.3 Å². The number of carbonyl (C=O) groups excluding carboxylic acids is 1. The summed E-state index contributed by atoms with van der Waals surface area (Å²) >= 11 is 5.94. The zero-order valence-corrected chi connectivity index (χ0v) is 18.6. The maximum atomic E-state index is 12.4. The molecule has 1 aliphatic rings. The molecule has 9 heteroatoms. The number of aromatic nitrogens is 1. The van der Waals surface area contributed by atoms with E-state index in [2.05, 4.69) is 10.5 Å². The molecule has 2 aromatic carbocycles. The van der Waals surface area contributed by atoms with Gasteiger partial charge in [0.2, 0.25) is 0 Å². The average molecular weight is 463 g/mol. The van der Waals surface area contributed by atoms with E-state index in [4.69, 9.17) is 25.2 Å². The molecule has 31 heavy (non-hydrogen) atoms. The summed E-state index contributed by atoms with van der Waals surface area (Å²) in [4.78, 5) is 22.8. The van der Waals surface area contributed by atoms with Crippen LogP contribution in [-0.4, -0.2) is 29.2 Å². The molecule has 2 N–H and O–H groups in total. The Bertz CT molecular complexity index is 1020. The van der Waals surface area contributed by atoms with Crippen LogP contribution in [-0.2, 0) is 26.4 Å². The Kier molecular flexibility index (Phi) is 7.00. The van der Waals surface area contributed by atoms with E-state index in [0.717, 1.165) is 23.1 Å². The first kappa shape index (κ1) is 21.9. The van der Waals surface area contributed by atoms with Crippen molar-refractivity contribution in [2.24, 2.45) is 0 Å². The molecule has 164 valence electrons. The van der Waals surface area contributed by atoms with Crippen LogP contribution < -0.4 is 5.32 Å². The van der Waals surface area contributed by atoms with Crippen LogP contribution in [0.15, 0.2) is 59.3 Å². The molecule has 0 saturated carbocycles. The molecule has 1 amide bonds. The predicted molar refractivity (Wildman–Crippen MR) is 121 cm³/mol. The summed E-state index contributed by atoms with van der Waals surface area (Å²) in [5.74, 6) is 0.533. The molecule has 1 saturated heterocycles. The van der Waals surface area contributed by atoms with Gasteiger partial charge >= 0.3 is 145 Å². The van der Waals surface area contributed by atoms with Gasteiger partial charge in [-0.3, -0.25) is 0 Å². The third-order valence-corrected chi connectivity index (χ3v) is 7.40. The van der Waals surface area contributed by atoms with Crippen LogP contribution in [0.2, 0.25) is 5.02 Å². The van der Waals surface area contributed by atoms with Gasteiger partial charge in [0.1, 0.15) is 0 Å². The first-order valence-corrected chi connectivity index (χ1v) is 12.4. The molecule has 1 aromatic heterocycles. The molecule has 3 aromatic rings. The Hall–Kier alpha value is -2.28. The third kappa shape index (κ3) is 5.91. The van der Waals surface area contributed by atoms with Gasteiger partial charge in [0, 0.05) is 5.02 Å². The Morgan fingerprint density at radius 2 is 1.81 bits per heavy atom. The number of nitrogens with zero attached hydrogens (tertiary/aromatic N) is 1. The van der Waals surface area contributed by atoms with Crippen molar-refractivity contribution >= 4 is 31.1 Å². The Labute approximate surface area is 185 Å². The molecule has 1 fully saturated rings. The molecule has 7 nitrogen and oxygen atoms in total. The zero-order valence-electron chi connectivity index (χ0n) is 16.8. The number of carbonyl (C=O) groups is 1. The predicted octanol–water partition coefficient (Wildman–Crippen LogP) is 4.99. The number of aryl methyl sites for hydroxylation is 1. The summed E-state index contributed by atoms with van der Waals surface area (Å²) in [7, 11) is -3.12. The number of benzene rings is 2. The molecular weight excluding hydrogens is 439 g/mol. The molecule has 0 atom stereocenters. The SMILES string of the molecule is O=C(CCc1cnoc1-c1ccc(Cl)cc1)Nc1ccc(C[PH]2(O)OCCCO2)cc1. The van der Waals surface area contributed by atoms with E-state index in [-0.39, 0.29) is 12.3 Å². The van der Waals surface area contributed by atoms with Crippen LogP contribution in [0, 0.1) is 0 Å². The van der Waals surface area contributed by atoms with E-state index in [0.29, 0.717) is 42.3 Å². The van der Waals surface area contributed by atoms with E-state index < -0.39 is 7.94 Å². The van der Waals surface area contributed by atoms with Crippen molar-refractivity contribution in [3.8, 4) is 11.3 Å². The summed E-state index contributed by atoms with van der Waals surface area (Å²) in [5.41, 5.74) is 3.32. The maximum absolute atomic E-state index is 12.4. The van der Waals surface area contributed by atoms with Crippen molar-refractivity contribution in [2.75, 3.05) is 18.5 Å². The van der Waals surface area contributed by atoms with Gasteiger partial charge in [-0.1, -0.05) is 11.6 Å². The van der Waals surface area contributed by atoms with Crippen molar-refractivity contribution in [3.63, 3.8) is 0 Å². The first-order valence-electron chi connectivity index (χ1n) is 10.1. The first-order chi connectivity index (χ1) is 15.0. The minimum atomic E-state index is -3.12. The quantitative estimate of drug-likeness (QED) is 0.480. The van der Waals surface area contributed by atoms with Crippen LogP contribution in [0.1, 0.15) is 24.0 Å². The van der Waals surface area contributed by atoms with Crippen LogP contribution >= 0.6 is 19.5 Å². The summed E-state index contributed by atoms with van der Waals surface area (Å²) in [6.07, 6.45) is 3.59. The van der Waals surface area contributed by atoms with E-state index >= 15 is 0 Å². The second-order valence-electron chi connectivity index (χ2n) is 7.37. The molecule has 0 spiro atoms. The number of rotatable bonds is 7. The number of hydrogen-bond acceptors (Lipinski definition) is 6. The monoisotopic (exact) mass is 462 g/mol. The number of anilines is 1. The average Bonchev–Trinajstić information content (AvgIpc) is 3.23. The van der Waals surface area contributed by atoms with E-state index in [1.54, 1.807) is 18.3 Å². The van der Waals surface area contributed by atoms with Gasteiger partial charge in [-0.25, -0.2) is 0 Å². The van der Waals surface area contributed by atoms with Gasteiger partial charge in [0.05, 0.1) is 0 Å². The van der Waals surface area contributed by atoms with E-state index in [1.165, 1.54) is 0 Å². The number of halogens is 1. The second kappa shape index (κ2) is 9.90. The molecule has 2 heterocycles. The van der Waals surface area contributed by atoms with Crippen molar-refractivity contribution < 1.29 is 23.3 Å². The summed E-state index contributed by atoms with van der Waals surface area (Å²) in [6.45, 7) is 1.06. The summed E-state index contributed by atoms with van der Waals surface area (Å²) < 4.78 is 16.3. The molecule has 1 aliphatic heterocycles. The molecule has 0 radical (unpaired) electrons. The van der Waals surface area contributed by atoms with Gasteiger partial charge in [0.15, 0.2) is 0 Å². The Morgan fingerprint density at radius 1 is 1.10 bits per heavy atom. The topological polar surface area (TPSA) is 93.8 Å². The number of hydrogen-bond donors (Lipinski definition) is 2. The third-order valence-electron chi connectivity index (χ3n) is 4.98. The van der Waals surface area contributed by atoms with Gasteiger partial charge < -0.3 is 0 Å². The van der Waals surface area contributed by atoms with Crippen molar-refractivity contribution in [1.29, 1.82) is 0 Å². The van der Waals surface area contributed by atoms with Crippen molar-refractivity contribution in [3.05, 3.63) is 70.9 Å². The van der Waals surface area contributed by atoms with Crippen molar-refractivity contribution in [1.82, 2.24) is 5.16 Å². The number of amides is 1. The number of nitrogens with one attached hydrogen (secondary N) is 1. The standard InChI is InChI=1S/C22H24ClN2O5P/c23-19-7-4-17(5-8-19)22-18(14-24-30-22)6-11-21(26)25-20-9-2-16(3-10-20)15-31(27)28-12-1-13-29-31/h2-5,7-10,14,27,31H,1,6,11-13,15H2,(H,25,26). The van der Waals surface area contributed by atoms with Crippen LogP contribution in [0.5, 0.6) is 0 Å². The zero-order chi connectivity index (χ0) is 21.7. The Morgan fingerprint density at radius 3 is 2.52 bits per heavy atom. The molecule has 0 aliphatic carbocycles. The van der Waals surface area contributed by atoms with Crippen LogP contribution in [0.3, 0.4) is 0 Å². The fourth-order valence-electron chi connectivity index (χ4n) is 3.38. The Balaban J connectivity index is 1.30.